The largest absolute Gasteiger partial charge is 0.382 e. The van der Waals surface area contributed by atoms with Crippen LogP contribution in [0.1, 0.15) is 22.9 Å². The summed E-state index contributed by atoms with van der Waals surface area (Å²) in [5, 5.41) is 19.5. The second kappa shape index (κ2) is 5.84. The van der Waals surface area contributed by atoms with Gasteiger partial charge in [0.15, 0.2) is 0 Å². The van der Waals surface area contributed by atoms with Crippen LogP contribution in [-0.4, -0.2) is 14.7 Å². The van der Waals surface area contributed by atoms with Crippen molar-refractivity contribution in [2.75, 3.05) is 0 Å². The molecule has 0 amide bonds. The minimum atomic E-state index is -0.784. The molecule has 0 aliphatic heterocycles. The fourth-order valence-electron chi connectivity index (χ4n) is 2.46. The summed E-state index contributed by atoms with van der Waals surface area (Å²) in [5.41, 5.74) is 3.93. The summed E-state index contributed by atoms with van der Waals surface area (Å²) in [5.74, 6) is 0. The molecule has 2 aromatic carbocycles. The van der Waals surface area contributed by atoms with Crippen LogP contribution in [0.2, 0.25) is 0 Å². The first kappa shape index (κ1) is 14.1. The zero-order valence-corrected chi connectivity index (χ0v) is 12.1. The first-order valence-corrected chi connectivity index (χ1v) is 6.94. The predicted octanol–water partition coefficient (Wildman–Crippen LogP) is 3.04. The molecule has 0 fully saturated rings. The first-order valence-electron chi connectivity index (χ1n) is 6.94. The third-order valence-electron chi connectivity index (χ3n) is 3.59. The Morgan fingerprint density at radius 1 is 1.14 bits per heavy atom. The van der Waals surface area contributed by atoms with Gasteiger partial charge in [-0.1, -0.05) is 36.4 Å². The smallest absolute Gasteiger partial charge is 0.123 e. The molecule has 3 rings (SSSR count). The molecule has 108 valence electrons. The average Bonchev–Trinajstić information content (AvgIpc) is 3.01. The number of rotatable bonds is 3. The summed E-state index contributed by atoms with van der Waals surface area (Å²) in [6.07, 6.45) is 2.69. The summed E-state index contributed by atoms with van der Waals surface area (Å²) in [4.78, 5) is 4.22. The number of imidazole rings is 1. The number of aliphatic hydroxyl groups excluding tert-OH is 1. The summed E-state index contributed by atoms with van der Waals surface area (Å²) in [6, 6.07) is 17.1. The second-order valence-electron chi connectivity index (χ2n) is 5.14. The fraction of sp³-hybridized carbons (Fsp3) is 0.111. The van der Waals surface area contributed by atoms with Gasteiger partial charge in [0.1, 0.15) is 6.10 Å². The Bertz CT molecular complexity index is 828. The molecule has 22 heavy (non-hydrogen) atoms. The van der Waals surface area contributed by atoms with Crippen LogP contribution in [0.5, 0.6) is 0 Å². The lowest BCUT2D eigenvalue weighted by Gasteiger charge is -2.14. The quantitative estimate of drug-likeness (QED) is 0.806. The molecule has 4 heteroatoms. The highest BCUT2D eigenvalue weighted by Gasteiger charge is 2.17. The molecule has 1 N–H and O–H groups in total. The van der Waals surface area contributed by atoms with Crippen LogP contribution in [0.4, 0.5) is 0 Å². The van der Waals surface area contributed by atoms with Crippen LogP contribution >= 0.6 is 0 Å². The van der Waals surface area contributed by atoms with E-state index in [0.29, 0.717) is 11.3 Å². The van der Waals surface area contributed by atoms with E-state index in [1.165, 1.54) is 0 Å². The molecule has 0 bridgehead atoms. The van der Waals surface area contributed by atoms with Crippen LogP contribution in [0, 0.1) is 11.3 Å². The lowest BCUT2D eigenvalue weighted by atomic mass is 9.94. The molecule has 0 saturated carbocycles. The predicted molar refractivity (Wildman–Crippen MR) is 83.9 cm³/mol. The van der Waals surface area contributed by atoms with Gasteiger partial charge in [-0.15, -0.1) is 0 Å². The molecule has 1 heterocycles. The Hall–Kier alpha value is -2.90. The van der Waals surface area contributed by atoms with E-state index in [4.69, 9.17) is 5.26 Å². The van der Waals surface area contributed by atoms with Gasteiger partial charge >= 0.3 is 0 Å². The van der Waals surface area contributed by atoms with E-state index in [-0.39, 0.29) is 0 Å². The van der Waals surface area contributed by atoms with Crippen LogP contribution in [0.15, 0.2) is 61.1 Å². The normalized spacial score (nSPS) is 11.9. The van der Waals surface area contributed by atoms with Crippen LogP contribution in [0.25, 0.3) is 11.1 Å². The zero-order chi connectivity index (χ0) is 15.5. The van der Waals surface area contributed by atoms with Gasteiger partial charge in [-0.2, -0.15) is 5.26 Å². The first-order chi connectivity index (χ1) is 10.7. The molecule has 0 aliphatic carbocycles. The van der Waals surface area contributed by atoms with Gasteiger partial charge in [-0.25, -0.2) is 4.98 Å². The number of aryl methyl sites for hydroxylation is 1. The van der Waals surface area contributed by atoms with Gasteiger partial charge in [0.2, 0.25) is 0 Å². The van der Waals surface area contributed by atoms with Crippen LogP contribution in [0.3, 0.4) is 0 Å². The highest BCUT2D eigenvalue weighted by atomic mass is 16.3. The monoisotopic (exact) mass is 289 g/mol. The minimum absolute atomic E-state index is 0.614. The summed E-state index contributed by atoms with van der Waals surface area (Å²) < 4.78 is 1.81. The molecule has 0 radical (unpaired) electrons. The highest BCUT2D eigenvalue weighted by Crippen LogP contribution is 2.31. The lowest BCUT2D eigenvalue weighted by Crippen LogP contribution is -2.02. The average molecular weight is 289 g/mol. The van der Waals surface area contributed by atoms with E-state index in [0.717, 1.165) is 16.7 Å². The Morgan fingerprint density at radius 2 is 1.86 bits per heavy atom. The number of aliphatic hydroxyl groups is 1. The van der Waals surface area contributed by atoms with Gasteiger partial charge in [-0.05, 0) is 28.8 Å². The molecule has 4 nitrogen and oxygen atoms in total. The summed E-state index contributed by atoms with van der Waals surface area (Å²) in [7, 11) is 1.87. The standard InChI is InChI=1S/C18H15N3O/c1-21-11-17(20-12-21)18(22)16-5-3-2-4-15(16)14-8-6-13(10-19)7-9-14/h2-9,11-12,18,22H,1H3. The van der Waals surface area contributed by atoms with Crippen molar-refractivity contribution in [2.24, 2.45) is 7.05 Å². The maximum absolute atomic E-state index is 10.6. The van der Waals surface area contributed by atoms with Crippen LogP contribution in [-0.2, 0) is 7.05 Å². The molecule has 0 spiro atoms. The van der Waals surface area contributed by atoms with E-state index in [1.54, 1.807) is 24.7 Å². The number of hydrogen-bond donors (Lipinski definition) is 1. The van der Waals surface area contributed by atoms with Crippen molar-refractivity contribution >= 4 is 0 Å². The SMILES string of the molecule is Cn1cnc(C(O)c2ccccc2-c2ccc(C#N)cc2)c1. The van der Waals surface area contributed by atoms with E-state index in [2.05, 4.69) is 11.1 Å². The Labute approximate surface area is 128 Å². The molecule has 3 aromatic rings. The zero-order valence-electron chi connectivity index (χ0n) is 12.1. The van der Waals surface area contributed by atoms with Gasteiger partial charge in [0, 0.05) is 13.2 Å². The Balaban J connectivity index is 2.04. The minimum Gasteiger partial charge on any atom is -0.382 e. The van der Waals surface area contributed by atoms with Crippen molar-refractivity contribution in [1.82, 2.24) is 9.55 Å². The van der Waals surface area contributed by atoms with Gasteiger partial charge in [-0.3, -0.25) is 0 Å². The van der Waals surface area contributed by atoms with Gasteiger partial charge in [0.05, 0.1) is 23.7 Å². The topological polar surface area (TPSA) is 61.8 Å². The van der Waals surface area contributed by atoms with Crippen molar-refractivity contribution < 1.29 is 5.11 Å². The second-order valence-corrected chi connectivity index (χ2v) is 5.14. The van der Waals surface area contributed by atoms with Crippen LogP contribution < -0.4 is 0 Å². The van der Waals surface area contributed by atoms with Crippen molar-refractivity contribution in [3.05, 3.63) is 77.9 Å². The number of nitriles is 1. The van der Waals surface area contributed by atoms with E-state index >= 15 is 0 Å². The molecular weight excluding hydrogens is 274 g/mol. The lowest BCUT2D eigenvalue weighted by molar-refractivity contribution is 0.216. The number of benzene rings is 2. The Kier molecular flexibility index (Phi) is 3.73. The maximum Gasteiger partial charge on any atom is 0.123 e. The van der Waals surface area contributed by atoms with E-state index in [9.17, 15) is 5.11 Å². The number of aromatic nitrogens is 2. The van der Waals surface area contributed by atoms with E-state index in [1.807, 2.05) is 48.0 Å². The third-order valence-corrected chi connectivity index (χ3v) is 3.59. The third kappa shape index (κ3) is 2.62. The number of nitrogens with zero attached hydrogens (tertiary/aromatic N) is 3. The highest BCUT2D eigenvalue weighted by molar-refractivity contribution is 5.69. The molecule has 0 aliphatic rings. The van der Waals surface area contributed by atoms with Crippen molar-refractivity contribution in [3.8, 4) is 17.2 Å². The van der Waals surface area contributed by atoms with Crippen molar-refractivity contribution in [1.29, 1.82) is 5.26 Å². The Morgan fingerprint density at radius 3 is 2.50 bits per heavy atom. The summed E-state index contributed by atoms with van der Waals surface area (Å²) >= 11 is 0. The van der Waals surface area contributed by atoms with Gasteiger partial charge < -0.3 is 9.67 Å². The summed E-state index contributed by atoms with van der Waals surface area (Å²) in [6.45, 7) is 0. The molecule has 1 aromatic heterocycles. The van der Waals surface area contributed by atoms with Crippen molar-refractivity contribution in [3.63, 3.8) is 0 Å². The fourth-order valence-corrected chi connectivity index (χ4v) is 2.46. The van der Waals surface area contributed by atoms with E-state index < -0.39 is 6.10 Å². The maximum atomic E-state index is 10.6. The molecule has 1 unspecified atom stereocenters. The van der Waals surface area contributed by atoms with Gasteiger partial charge in [0.25, 0.3) is 0 Å². The molecular formula is C18H15N3O. The van der Waals surface area contributed by atoms with Crippen molar-refractivity contribution in [2.45, 2.75) is 6.10 Å². The number of hydrogen-bond acceptors (Lipinski definition) is 3. The molecule has 0 saturated heterocycles. The molecule has 1 atom stereocenters.